The molecule has 4 rings (SSSR count). The normalized spacial score (nSPS) is 16.6. The summed E-state index contributed by atoms with van der Waals surface area (Å²) < 4.78 is 34.5. The summed E-state index contributed by atoms with van der Waals surface area (Å²) in [7, 11) is 0.249. The van der Waals surface area contributed by atoms with Crippen LogP contribution in [0.15, 0.2) is 52.4 Å². The fraction of sp³-hybridized carbons (Fsp3) is 0.500. The van der Waals surface area contributed by atoms with Gasteiger partial charge in [-0.25, -0.2) is 8.42 Å². The Hall–Kier alpha value is -2.38. The molecule has 6 nitrogen and oxygen atoms in total. The molecule has 0 saturated carbocycles. The molecule has 0 unspecified atom stereocenters. The molecule has 2 heterocycles. The van der Waals surface area contributed by atoms with Crippen LogP contribution in [0.5, 0.6) is 0 Å². The van der Waals surface area contributed by atoms with Crippen molar-refractivity contribution in [1.82, 2.24) is 0 Å². The van der Waals surface area contributed by atoms with Crippen LogP contribution in [0, 0.1) is 11.8 Å². The molecule has 2 aromatic carbocycles. The highest BCUT2D eigenvalue weighted by Gasteiger charge is 2.28. The number of ether oxygens (including phenoxy) is 1. The summed E-state index contributed by atoms with van der Waals surface area (Å²) in [5.74, 6) is 0.788. The Balaban J connectivity index is 1.59. The number of benzene rings is 2. The molecule has 0 amide bonds. The zero-order chi connectivity index (χ0) is 23.6. The van der Waals surface area contributed by atoms with E-state index >= 15 is 0 Å². The Morgan fingerprint density at radius 3 is 2.33 bits per heavy atom. The van der Waals surface area contributed by atoms with Crippen LogP contribution in [0.4, 0.5) is 11.4 Å². The highest BCUT2D eigenvalue weighted by Crippen LogP contribution is 2.31. The first kappa shape index (κ1) is 23.8. The van der Waals surface area contributed by atoms with Crippen LogP contribution in [0.2, 0.25) is 0 Å². The monoisotopic (exact) mass is 469 g/mol. The maximum Gasteiger partial charge on any atom is 0.264 e. The van der Waals surface area contributed by atoms with Crippen LogP contribution < -0.4 is 9.21 Å². The fourth-order valence-electron chi connectivity index (χ4n) is 4.53. The van der Waals surface area contributed by atoms with E-state index in [-0.39, 0.29) is 5.92 Å². The van der Waals surface area contributed by atoms with Crippen molar-refractivity contribution in [1.29, 1.82) is 0 Å². The molecular formula is C26H35N3O3S. The minimum Gasteiger partial charge on any atom is -0.381 e. The Bertz CT molecular complexity index is 1100. The van der Waals surface area contributed by atoms with Gasteiger partial charge in [0.25, 0.3) is 10.0 Å². The molecule has 0 spiro atoms. The van der Waals surface area contributed by atoms with Gasteiger partial charge < -0.3 is 9.64 Å². The summed E-state index contributed by atoms with van der Waals surface area (Å²) >= 11 is 0. The zero-order valence-electron chi connectivity index (χ0n) is 20.1. The third-order valence-corrected chi connectivity index (χ3v) is 8.21. The third kappa shape index (κ3) is 5.25. The van der Waals surface area contributed by atoms with Gasteiger partial charge in [-0.15, -0.1) is 0 Å². The van der Waals surface area contributed by atoms with E-state index in [9.17, 15) is 8.42 Å². The highest BCUT2D eigenvalue weighted by atomic mass is 32.2. The number of anilines is 2. The van der Waals surface area contributed by atoms with Crippen LogP contribution in [0.25, 0.3) is 0 Å². The smallest absolute Gasteiger partial charge is 0.264 e. The van der Waals surface area contributed by atoms with Crippen molar-refractivity contribution in [2.24, 2.45) is 16.8 Å². The second-order valence-corrected chi connectivity index (χ2v) is 11.5. The van der Waals surface area contributed by atoms with E-state index in [2.05, 4.69) is 0 Å². The SMILES string of the molecule is CC(C)CN(c1ccc(N(C)C)cc1)S(=O)(=O)c1ccc2c(c1)CN=C2CC1CCOCC1. The molecule has 2 aromatic rings. The molecule has 33 heavy (non-hydrogen) atoms. The standard InChI is InChI=1S/C26H35N3O3S/c1-19(2)18-29(23-7-5-22(6-8-23)28(3)4)33(30,31)24-9-10-25-21(16-24)17-27-26(25)15-20-11-13-32-14-12-20/h5-10,16,19-20H,11-15,17-18H2,1-4H3. The van der Waals surface area contributed by atoms with Gasteiger partial charge in [0.05, 0.1) is 17.1 Å². The first-order valence-corrected chi connectivity index (χ1v) is 13.2. The average Bonchev–Trinajstić information content (AvgIpc) is 3.20. The molecule has 0 aliphatic carbocycles. The summed E-state index contributed by atoms with van der Waals surface area (Å²) in [6.45, 7) is 6.70. The Morgan fingerprint density at radius 2 is 1.70 bits per heavy atom. The molecule has 1 fully saturated rings. The lowest BCUT2D eigenvalue weighted by Gasteiger charge is -2.27. The van der Waals surface area contributed by atoms with Gasteiger partial charge >= 0.3 is 0 Å². The van der Waals surface area contributed by atoms with E-state index in [0.29, 0.717) is 29.6 Å². The molecule has 178 valence electrons. The average molecular weight is 470 g/mol. The van der Waals surface area contributed by atoms with Gasteiger partial charge in [-0.3, -0.25) is 9.30 Å². The van der Waals surface area contributed by atoms with Crippen molar-refractivity contribution in [2.45, 2.75) is 44.6 Å². The summed E-state index contributed by atoms with van der Waals surface area (Å²) in [6, 6.07) is 13.2. The Labute approximate surface area is 198 Å². The second kappa shape index (κ2) is 9.85. The van der Waals surface area contributed by atoms with Crippen LogP contribution >= 0.6 is 0 Å². The lowest BCUT2D eigenvalue weighted by atomic mass is 9.91. The Morgan fingerprint density at radius 1 is 1.03 bits per heavy atom. The number of hydrogen-bond acceptors (Lipinski definition) is 5. The second-order valence-electron chi connectivity index (χ2n) is 9.68. The summed E-state index contributed by atoms with van der Waals surface area (Å²) in [5, 5.41) is 0. The van der Waals surface area contributed by atoms with Crippen molar-refractivity contribution < 1.29 is 13.2 Å². The lowest BCUT2D eigenvalue weighted by Crippen LogP contribution is -2.34. The molecule has 0 atom stereocenters. The van der Waals surface area contributed by atoms with E-state index in [0.717, 1.165) is 55.0 Å². The van der Waals surface area contributed by atoms with Crippen LogP contribution in [-0.2, 0) is 21.3 Å². The van der Waals surface area contributed by atoms with Crippen LogP contribution in [0.3, 0.4) is 0 Å². The van der Waals surface area contributed by atoms with Gasteiger partial charge in [0, 0.05) is 50.8 Å². The number of aliphatic imine (C=N–C) groups is 1. The van der Waals surface area contributed by atoms with E-state index < -0.39 is 10.0 Å². The molecule has 0 aromatic heterocycles. The van der Waals surface area contributed by atoms with E-state index in [1.165, 1.54) is 4.31 Å². The maximum atomic E-state index is 13.7. The van der Waals surface area contributed by atoms with Crippen molar-refractivity contribution in [3.05, 3.63) is 53.6 Å². The van der Waals surface area contributed by atoms with Crippen molar-refractivity contribution in [3.8, 4) is 0 Å². The maximum absolute atomic E-state index is 13.7. The number of nitrogens with zero attached hydrogens (tertiary/aromatic N) is 3. The van der Waals surface area contributed by atoms with E-state index in [4.69, 9.17) is 9.73 Å². The van der Waals surface area contributed by atoms with Gasteiger partial charge in [0.2, 0.25) is 0 Å². The van der Waals surface area contributed by atoms with Gasteiger partial charge in [-0.2, -0.15) is 0 Å². The molecule has 1 saturated heterocycles. The van der Waals surface area contributed by atoms with Gasteiger partial charge in [-0.05, 0) is 73.1 Å². The molecule has 7 heteroatoms. The fourth-order valence-corrected chi connectivity index (χ4v) is 6.20. The zero-order valence-corrected chi connectivity index (χ0v) is 20.9. The van der Waals surface area contributed by atoms with Gasteiger partial charge in [0.1, 0.15) is 0 Å². The van der Waals surface area contributed by atoms with Gasteiger partial charge in [0.15, 0.2) is 0 Å². The first-order valence-electron chi connectivity index (χ1n) is 11.8. The number of rotatable bonds is 8. The van der Waals surface area contributed by atoms with Crippen molar-refractivity contribution in [2.75, 3.05) is 43.1 Å². The van der Waals surface area contributed by atoms with Crippen molar-refractivity contribution in [3.63, 3.8) is 0 Å². The minimum absolute atomic E-state index is 0.192. The third-order valence-electron chi connectivity index (χ3n) is 6.42. The predicted octanol–water partition coefficient (Wildman–Crippen LogP) is 4.72. The number of hydrogen-bond donors (Lipinski definition) is 0. The minimum atomic E-state index is -3.70. The molecule has 2 aliphatic rings. The largest absolute Gasteiger partial charge is 0.381 e. The van der Waals surface area contributed by atoms with Crippen LogP contribution in [0.1, 0.15) is 44.2 Å². The quantitative estimate of drug-likeness (QED) is 0.561. The topological polar surface area (TPSA) is 62.2 Å². The molecule has 2 aliphatic heterocycles. The first-order chi connectivity index (χ1) is 15.8. The predicted molar refractivity (Wildman–Crippen MR) is 135 cm³/mol. The Kier molecular flexibility index (Phi) is 7.10. The molecule has 0 radical (unpaired) electrons. The van der Waals surface area contributed by atoms with Crippen LogP contribution in [-0.4, -0.2) is 48.0 Å². The molecule has 0 bridgehead atoms. The number of fused-ring (bicyclic) bond motifs is 1. The molecule has 0 N–H and O–H groups in total. The van der Waals surface area contributed by atoms with Gasteiger partial charge in [-0.1, -0.05) is 19.9 Å². The molecular weight excluding hydrogens is 434 g/mol. The summed E-state index contributed by atoms with van der Waals surface area (Å²) in [5.41, 5.74) is 4.94. The lowest BCUT2D eigenvalue weighted by molar-refractivity contribution is 0.0685. The number of sulfonamides is 1. The highest BCUT2D eigenvalue weighted by molar-refractivity contribution is 7.92. The van der Waals surface area contributed by atoms with E-state index in [1.54, 1.807) is 6.07 Å². The van der Waals surface area contributed by atoms with Crippen molar-refractivity contribution >= 4 is 27.1 Å². The summed E-state index contributed by atoms with van der Waals surface area (Å²) in [4.78, 5) is 7.10. The summed E-state index contributed by atoms with van der Waals surface area (Å²) in [6.07, 6.45) is 3.08. The van der Waals surface area contributed by atoms with E-state index in [1.807, 2.05) is 69.2 Å².